The van der Waals surface area contributed by atoms with Crippen LogP contribution in [0.3, 0.4) is 0 Å². The number of anilines is 1. The highest BCUT2D eigenvalue weighted by Gasteiger charge is 2.27. The quantitative estimate of drug-likeness (QED) is 0.859. The maximum Gasteiger partial charge on any atom is 0.337 e. The monoisotopic (exact) mass is 355 g/mol. The van der Waals surface area contributed by atoms with Crippen molar-refractivity contribution in [1.82, 2.24) is 9.78 Å². The number of sulfonamides is 1. The number of rotatable bonds is 5. The Hall–Kier alpha value is -2.42. The molecule has 0 aliphatic heterocycles. The summed E-state index contributed by atoms with van der Waals surface area (Å²) in [7, 11) is -4.08. The minimum Gasteiger partial charge on any atom is -0.478 e. The average Bonchev–Trinajstić information content (AvgIpc) is 2.76. The molecule has 24 heavy (non-hydrogen) atoms. The van der Waals surface area contributed by atoms with Gasteiger partial charge in [0.2, 0.25) is 0 Å². The van der Waals surface area contributed by atoms with E-state index in [0.717, 1.165) is 18.2 Å². The summed E-state index contributed by atoms with van der Waals surface area (Å²) in [6.07, 6.45) is 0. The molecular weight excluding hydrogens is 337 g/mol. The summed E-state index contributed by atoms with van der Waals surface area (Å²) in [5.41, 5.74) is 0.0619. The molecule has 0 saturated heterocycles. The molecular formula is C15H18FN3O4S. The largest absolute Gasteiger partial charge is 0.478 e. The molecule has 130 valence electrons. The van der Waals surface area contributed by atoms with Crippen LogP contribution in [0, 0.1) is 19.7 Å². The Kier molecular flexibility index (Phi) is 4.66. The zero-order valence-corrected chi connectivity index (χ0v) is 14.5. The fourth-order valence-electron chi connectivity index (χ4n) is 2.52. The predicted octanol–water partition coefficient (Wildman–Crippen LogP) is 2.72. The number of halogens is 1. The predicted molar refractivity (Wildman–Crippen MR) is 86.3 cm³/mol. The number of benzene rings is 1. The van der Waals surface area contributed by atoms with Crippen molar-refractivity contribution in [3.05, 3.63) is 41.0 Å². The minimum absolute atomic E-state index is 0.0168. The SMILES string of the molecule is Cc1nn(C(C)C)c(C)c1S(=O)(=O)Nc1ccc(F)cc1C(=O)O. The highest BCUT2D eigenvalue weighted by molar-refractivity contribution is 7.92. The lowest BCUT2D eigenvalue weighted by Gasteiger charge is -2.12. The van der Waals surface area contributed by atoms with Gasteiger partial charge in [0.25, 0.3) is 10.0 Å². The summed E-state index contributed by atoms with van der Waals surface area (Å²) < 4.78 is 42.4. The number of carboxylic acid groups (broad SMARTS) is 1. The van der Waals surface area contributed by atoms with E-state index in [2.05, 4.69) is 9.82 Å². The van der Waals surface area contributed by atoms with Gasteiger partial charge in [0.05, 0.1) is 22.6 Å². The van der Waals surface area contributed by atoms with Gasteiger partial charge in [0.15, 0.2) is 0 Å². The van der Waals surface area contributed by atoms with E-state index in [1.165, 1.54) is 0 Å². The van der Waals surface area contributed by atoms with Gasteiger partial charge in [-0.2, -0.15) is 5.10 Å². The number of hydrogen-bond donors (Lipinski definition) is 2. The van der Waals surface area contributed by atoms with Crippen LogP contribution in [0.2, 0.25) is 0 Å². The maximum absolute atomic E-state index is 13.2. The number of aromatic nitrogens is 2. The van der Waals surface area contributed by atoms with Gasteiger partial charge in [-0.05, 0) is 45.9 Å². The van der Waals surface area contributed by atoms with Crippen molar-refractivity contribution in [2.24, 2.45) is 0 Å². The van der Waals surface area contributed by atoms with E-state index < -0.39 is 27.4 Å². The summed E-state index contributed by atoms with van der Waals surface area (Å²) >= 11 is 0. The van der Waals surface area contributed by atoms with Crippen molar-refractivity contribution in [1.29, 1.82) is 0 Å². The highest BCUT2D eigenvalue weighted by Crippen LogP contribution is 2.26. The minimum atomic E-state index is -4.08. The van der Waals surface area contributed by atoms with Gasteiger partial charge in [0.1, 0.15) is 10.7 Å². The van der Waals surface area contributed by atoms with Crippen molar-refractivity contribution in [2.45, 2.75) is 38.6 Å². The molecule has 0 bridgehead atoms. The van der Waals surface area contributed by atoms with Crippen molar-refractivity contribution >= 4 is 21.7 Å². The van der Waals surface area contributed by atoms with Gasteiger partial charge in [-0.25, -0.2) is 17.6 Å². The van der Waals surface area contributed by atoms with E-state index in [1.54, 1.807) is 18.5 Å². The summed E-state index contributed by atoms with van der Waals surface area (Å²) in [4.78, 5) is 11.2. The molecule has 2 N–H and O–H groups in total. The lowest BCUT2D eigenvalue weighted by Crippen LogP contribution is -2.17. The molecule has 0 fully saturated rings. The first-order valence-electron chi connectivity index (χ1n) is 7.16. The molecule has 0 unspecified atom stereocenters. The molecule has 1 aromatic carbocycles. The van der Waals surface area contributed by atoms with Crippen LogP contribution in [0.1, 0.15) is 41.6 Å². The molecule has 0 aliphatic carbocycles. The van der Waals surface area contributed by atoms with Crippen molar-refractivity contribution in [3.8, 4) is 0 Å². The molecule has 7 nitrogen and oxygen atoms in total. The second kappa shape index (κ2) is 6.23. The summed E-state index contributed by atoms with van der Waals surface area (Å²) in [5, 5.41) is 13.3. The summed E-state index contributed by atoms with van der Waals surface area (Å²) in [6, 6.07) is 2.79. The molecule has 0 radical (unpaired) electrons. The van der Waals surface area contributed by atoms with Gasteiger partial charge in [-0.15, -0.1) is 0 Å². The molecule has 0 amide bonds. The molecule has 1 heterocycles. The Morgan fingerprint density at radius 3 is 2.46 bits per heavy atom. The standard InChI is InChI=1S/C15H18FN3O4S/c1-8(2)19-10(4)14(9(3)17-19)24(22,23)18-13-6-5-11(16)7-12(13)15(20)21/h5-8,18H,1-4H3,(H,20,21). The number of nitrogens with zero attached hydrogens (tertiary/aromatic N) is 2. The third-order valence-electron chi connectivity index (χ3n) is 3.47. The summed E-state index contributed by atoms with van der Waals surface area (Å²) in [6.45, 7) is 6.91. The van der Waals surface area contributed by atoms with Crippen LogP contribution in [0.5, 0.6) is 0 Å². The van der Waals surface area contributed by atoms with E-state index in [9.17, 15) is 17.6 Å². The first kappa shape index (κ1) is 17.9. The van der Waals surface area contributed by atoms with Gasteiger partial charge in [-0.3, -0.25) is 9.40 Å². The third-order valence-corrected chi connectivity index (χ3v) is 5.09. The first-order chi connectivity index (χ1) is 11.0. The number of carboxylic acids is 1. The van der Waals surface area contributed by atoms with E-state index in [0.29, 0.717) is 11.4 Å². The third kappa shape index (κ3) is 3.25. The Morgan fingerprint density at radius 2 is 1.96 bits per heavy atom. The lowest BCUT2D eigenvalue weighted by molar-refractivity contribution is 0.0697. The normalized spacial score (nSPS) is 11.8. The van der Waals surface area contributed by atoms with Crippen LogP contribution in [0.4, 0.5) is 10.1 Å². The first-order valence-corrected chi connectivity index (χ1v) is 8.64. The van der Waals surface area contributed by atoms with Crippen LogP contribution in [0.15, 0.2) is 23.1 Å². The van der Waals surface area contributed by atoms with Crippen LogP contribution in [0.25, 0.3) is 0 Å². The van der Waals surface area contributed by atoms with Gasteiger partial charge in [-0.1, -0.05) is 0 Å². The van der Waals surface area contributed by atoms with E-state index in [-0.39, 0.29) is 16.6 Å². The van der Waals surface area contributed by atoms with Crippen molar-refractivity contribution in [3.63, 3.8) is 0 Å². The van der Waals surface area contributed by atoms with Crippen molar-refractivity contribution in [2.75, 3.05) is 4.72 Å². The number of carbonyl (C=O) groups is 1. The number of aromatic carboxylic acids is 1. The molecule has 0 aliphatic rings. The fourth-order valence-corrected chi connectivity index (χ4v) is 4.00. The van der Waals surface area contributed by atoms with Crippen LogP contribution >= 0.6 is 0 Å². The van der Waals surface area contributed by atoms with Crippen LogP contribution in [-0.4, -0.2) is 29.3 Å². The molecule has 9 heteroatoms. The van der Waals surface area contributed by atoms with Gasteiger partial charge in [0, 0.05) is 6.04 Å². The Bertz CT molecular complexity index is 904. The highest BCUT2D eigenvalue weighted by atomic mass is 32.2. The maximum atomic E-state index is 13.2. The Morgan fingerprint density at radius 1 is 1.33 bits per heavy atom. The van der Waals surface area contributed by atoms with E-state index >= 15 is 0 Å². The Labute approximate surface area is 139 Å². The van der Waals surface area contributed by atoms with Crippen LogP contribution < -0.4 is 4.72 Å². The molecule has 2 rings (SSSR count). The lowest BCUT2D eigenvalue weighted by atomic mass is 10.2. The zero-order chi connectivity index (χ0) is 18.2. The second-order valence-corrected chi connectivity index (χ2v) is 7.26. The average molecular weight is 355 g/mol. The Balaban J connectivity index is 2.53. The smallest absolute Gasteiger partial charge is 0.337 e. The topological polar surface area (TPSA) is 101 Å². The second-order valence-electron chi connectivity index (χ2n) is 5.64. The summed E-state index contributed by atoms with van der Waals surface area (Å²) in [5.74, 6) is -2.20. The number of aryl methyl sites for hydroxylation is 1. The fraction of sp³-hybridized carbons (Fsp3) is 0.333. The van der Waals surface area contributed by atoms with E-state index in [4.69, 9.17) is 5.11 Å². The van der Waals surface area contributed by atoms with Gasteiger partial charge < -0.3 is 5.11 Å². The number of hydrogen-bond acceptors (Lipinski definition) is 4. The van der Waals surface area contributed by atoms with Crippen molar-refractivity contribution < 1.29 is 22.7 Å². The molecule has 1 aromatic heterocycles. The zero-order valence-electron chi connectivity index (χ0n) is 13.7. The van der Waals surface area contributed by atoms with E-state index in [1.807, 2.05) is 13.8 Å². The van der Waals surface area contributed by atoms with Gasteiger partial charge >= 0.3 is 5.97 Å². The molecule has 0 saturated carbocycles. The van der Waals surface area contributed by atoms with Crippen LogP contribution in [-0.2, 0) is 10.0 Å². The molecule has 0 spiro atoms. The number of nitrogens with one attached hydrogen (secondary N) is 1. The molecule has 0 atom stereocenters. The molecule has 2 aromatic rings.